The average molecular weight is 500 g/mol. The minimum atomic E-state index is -0.504. The molecule has 0 aromatic heterocycles. The summed E-state index contributed by atoms with van der Waals surface area (Å²) in [4.78, 5) is 28.0. The van der Waals surface area contributed by atoms with Crippen LogP contribution in [0, 0.1) is 6.92 Å². The third-order valence-corrected chi connectivity index (χ3v) is 7.45. The number of fused-ring (bicyclic) bond motifs is 1. The molecule has 0 unspecified atom stereocenters. The predicted octanol–water partition coefficient (Wildman–Crippen LogP) is 6.06. The minimum absolute atomic E-state index is 0.0220. The van der Waals surface area contributed by atoms with Crippen molar-refractivity contribution in [3.8, 4) is 0 Å². The summed E-state index contributed by atoms with van der Waals surface area (Å²) < 4.78 is 5.40. The van der Waals surface area contributed by atoms with Gasteiger partial charge in [0.05, 0.1) is 5.54 Å². The van der Waals surface area contributed by atoms with E-state index in [2.05, 4.69) is 64.1 Å². The molecule has 3 aromatic carbocycles. The molecule has 3 aromatic rings. The number of hydrogen-bond acceptors (Lipinski definition) is 4. The molecule has 0 bridgehead atoms. The van der Waals surface area contributed by atoms with Gasteiger partial charge in [0.1, 0.15) is 5.60 Å². The van der Waals surface area contributed by atoms with Gasteiger partial charge in [0, 0.05) is 30.4 Å². The first-order valence-electron chi connectivity index (χ1n) is 13.3. The number of alkyl carbamates (subject to hydrolysis) is 1. The van der Waals surface area contributed by atoms with Gasteiger partial charge in [-0.25, -0.2) is 4.79 Å². The summed E-state index contributed by atoms with van der Waals surface area (Å²) in [6.45, 7) is 9.22. The highest BCUT2D eigenvalue weighted by atomic mass is 16.6. The second kappa shape index (κ2) is 9.73. The molecule has 1 heterocycles. The van der Waals surface area contributed by atoms with E-state index < -0.39 is 5.60 Å². The molecule has 1 saturated carbocycles. The van der Waals surface area contributed by atoms with E-state index in [1.54, 1.807) is 0 Å². The number of rotatable bonds is 5. The van der Waals surface area contributed by atoms with Crippen molar-refractivity contribution in [2.24, 2.45) is 0 Å². The Morgan fingerprint density at radius 2 is 1.68 bits per heavy atom. The molecule has 5 rings (SSSR count). The summed E-state index contributed by atoms with van der Waals surface area (Å²) in [5, 5.41) is 8.79. The highest BCUT2D eigenvalue weighted by molar-refractivity contribution is 5.98. The Hall–Kier alpha value is -3.54. The zero-order valence-electron chi connectivity index (χ0n) is 22.3. The maximum atomic E-state index is 13.6. The van der Waals surface area contributed by atoms with Gasteiger partial charge in [-0.1, -0.05) is 48.5 Å². The van der Waals surface area contributed by atoms with Crippen LogP contribution in [0.4, 0.5) is 10.5 Å². The van der Waals surface area contributed by atoms with Crippen LogP contribution >= 0.6 is 0 Å². The molecule has 1 saturated heterocycles. The van der Waals surface area contributed by atoms with Crippen molar-refractivity contribution in [2.75, 3.05) is 18.0 Å². The third kappa shape index (κ3) is 5.58. The first-order chi connectivity index (χ1) is 17.6. The first-order valence-corrected chi connectivity index (χ1v) is 13.3. The van der Waals surface area contributed by atoms with Crippen LogP contribution in [-0.2, 0) is 10.3 Å². The predicted molar refractivity (Wildman–Crippen MR) is 148 cm³/mol. The molecule has 2 aliphatic rings. The smallest absolute Gasteiger partial charge is 0.407 e. The largest absolute Gasteiger partial charge is 0.444 e. The van der Waals surface area contributed by atoms with Gasteiger partial charge in [0.25, 0.3) is 5.91 Å². The van der Waals surface area contributed by atoms with E-state index in [1.165, 1.54) is 16.3 Å². The summed E-state index contributed by atoms with van der Waals surface area (Å²) in [5.41, 5.74) is 3.13. The van der Waals surface area contributed by atoms with Crippen LogP contribution < -0.4 is 15.5 Å². The number of ether oxygens (including phenoxy) is 1. The number of piperidine rings is 1. The monoisotopic (exact) mass is 499 g/mol. The number of carbonyl (C=O) groups excluding carboxylic acids is 2. The number of hydrogen-bond donors (Lipinski definition) is 2. The summed E-state index contributed by atoms with van der Waals surface area (Å²) in [6.07, 6.45) is 3.20. The van der Waals surface area contributed by atoms with Gasteiger partial charge in [-0.3, -0.25) is 4.79 Å². The topological polar surface area (TPSA) is 70.7 Å². The number of amides is 2. The van der Waals surface area contributed by atoms with Crippen molar-refractivity contribution in [3.63, 3.8) is 0 Å². The van der Waals surface area contributed by atoms with E-state index in [1.807, 2.05) is 39.8 Å². The lowest BCUT2D eigenvalue weighted by Crippen LogP contribution is -2.46. The van der Waals surface area contributed by atoms with Crippen LogP contribution in [0.15, 0.2) is 60.7 Å². The average Bonchev–Trinajstić information content (AvgIpc) is 3.63. The molecule has 2 fully saturated rings. The van der Waals surface area contributed by atoms with Crippen LogP contribution in [0.5, 0.6) is 0 Å². The Morgan fingerprint density at radius 3 is 2.38 bits per heavy atom. The van der Waals surface area contributed by atoms with Gasteiger partial charge in [0.2, 0.25) is 0 Å². The van der Waals surface area contributed by atoms with Crippen molar-refractivity contribution in [1.82, 2.24) is 10.6 Å². The van der Waals surface area contributed by atoms with E-state index in [-0.39, 0.29) is 23.6 Å². The molecule has 0 atom stereocenters. The lowest BCUT2D eigenvalue weighted by Gasteiger charge is -2.34. The highest BCUT2D eigenvalue weighted by Gasteiger charge is 2.46. The zero-order chi connectivity index (χ0) is 26.2. The molecule has 0 spiro atoms. The maximum Gasteiger partial charge on any atom is 0.407 e. The number of anilines is 1. The Morgan fingerprint density at radius 1 is 0.973 bits per heavy atom. The fourth-order valence-electron chi connectivity index (χ4n) is 5.32. The van der Waals surface area contributed by atoms with E-state index in [4.69, 9.17) is 4.74 Å². The lowest BCUT2D eigenvalue weighted by atomic mass is 9.96. The summed E-state index contributed by atoms with van der Waals surface area (Å²) in [6, 6.07) is 21.0. The van der Waals surface area contributed by atoms with Crippen molar-refractivity contribution in [1.29, 1.82) is 0 Å². The van der Waals surface area contributed by atoms with Crippen LogP contribution in [0.3, 0.4) is 0 Å². The number of carbonyl (C=O) groups is 2. The van der Waals surface area contributed by atoms with Gasteiger partial charge in [0.15, 0.2) is 0 Å². The minimum Gasteiger partial charge on any atom is -0.444 e. The van der Waals surface area contributed by atoms with Crippen LogP contribution in [-0.4, -0.2) is 36.7 Å². The fraction of sp³-hybridized carbons (Fsp3) is 0.419. The Balaban J connectivity index is 1.26. The Kier molecular flexibility index (Phi) is 6.61. The fourth-order valence-corrected chi connectivity index (χ4v) is 5.32. The lowest BCUT2D eigenvalue weighted by molar-refractivity contribution is 0.0497. The number of nitrogens with zero attached hydrogens (tertiary/aromatic N) is 1. The first kappa shape index (κ1) is 25.1. The van der Waals surface area contributed by atoms with Crippen LogP contribution in [0.2, 0.25) is 0 Å². The van der Waals surface area contributed by atoms with Gasteiger partial charge in [-0.15, -0.1) is 0 Å². The Bertz CT molecular complexity index is 1310. The summed E-state index contributed by atoms with van der Waals surface area (Å²) in [7, 11) is 0. The van der Waals surface area contributed by atoms with Crippen LogP contribution in [0.25, 0.3) is 10.8 Å². The standard InChI is InChI=1S/C31H37N3O3/c1-21-12-13-24(34-18-14-23(15-19-34)32-29(36)37-30(2,3)4)20-26(21)28(35)33-31(16-17-31)27-11-7-9-22-8-5-6-10-25(22)27/h5-13,20,23H,14-19H2,1-4H3,(H,32,36)(H,33,35). The molecule has 2 amide bonds. The van der Waals surface area contributed by atoms with Gasteiger partial charge < -0.3 is 20.3 Å². The number of nitrogens with one attached hydrogen (secondary N) is 2. The van der Waals surface area contributed by atoms with Crippen molar-refractivity contribution >= 4 is 28.5 Å². The molecule has 6 nitrogen and oxygen atoms in total. The molecule has 37 heavy (non-hydrogen) atoms. The quantitative estimate of drug-likeness (QED) is 0.448. The van der Waals surface area contributed by atoms with E-state index >= 15 is 0 Å². The summed E-state index contributed by atoms with van der Waals surface area (Å²) in [5.74, 6) is -0.0220. The van der Waals surface area contributed by atoms with Crippen molar-refractivity contribution in [2.45, 2.75) is 70.6 Å². The number of benzene rings is 3. The van der Waals surface area contributed by atoms with Crippen molar-refractivity contribution in [3.05, 3.63) is 77.4 Å². The summed E-state index contributed by atoms with van der Waals surface area (Å²) >= 11 is 0. The molecule has 1 aliphatic carbocycles. The normalized spacial score (nSPS) is 17.4. The molecular formula is C31H37N3O3. The number of aryl methyl sites for hydroxylation is 1. The zero-order valence-corrected chi connectivity index (χ0v) is 22.3. The maximum absolute atomic E-state index is 13.6. The second-order valence-corrected chi connectivity index (χ2v) is 11.5. The molecule has 2 N–H and O–H groups in total. The highest BCUT2D eigenvalue weighted by Crippen LogP contribution is 2.48. The third-order valence-electron chi connectivity index (χ3n) is 7.45. The molecule has 0 radical (unpaired) electrons. The van der Waals surface area contributed by atoms with E-state index in [9.17, 15) is 9.59 Å². The second-order valence-electron chi connectivity index (χ2n) is 11.5. The Labute approximate surface area is 219 Å². The van der Waals surface area contributed by atoms with E-state index in [0.29, 0.717) is 0 Å². The van der Waals surface area contributed by atoms with Gasteiger partial charge in [-0.05, 0) is 87.4 Å². The van der Waals surface area contributed by atoms with Gasteiger partial charge in [-0.2, -0.15) is 0 Å². The SMILES string of the molecule is Cc1ccc(N2CCC(NC(=O)OC(C)(C)C)CC2)cc1C(=O)NC1(c2cccc3ccccc23)CC1. The van der Waals surface area contributed by atoms with Crippen molar-refractivity contribution < 1.29 is 14.3 Å². The molecule has 194 valence electrons. The molecule has 6 heteroatoms. The van der Waals surface area contributed by atoms with Crippen LogP contribution in [0.1, 0.15) is 67.9 Å². The van der Waals surface area contributed by atoms with E-state index in [0.717, 1.165) is 55.6 Å². The molecular weight excluding hydrogens is 462 g/mol. The van der Waals surface area contributed by atoms with Gasteiger partial charge >= 0.3 is 6.09 Å². The molecule has 1 aliphatic heterocycles.